The normalized spacial score (nSPS) is 12.3. The van der Waals surface area contributed by atoms with Gasteiger partial charge in [0.05, 0.1) is 5.92 Å². The maximum absolute atomic E-state index is 12.8. The van der Waals surface area contributed by atoms with E-state index in [1.807, 2.05) is 0 Å². The first-order valence-corrected chi connectivity index (χ1v) is 25.7. The molecule has 0 aromatic rings. The van der Waals surface area contributed by atoms with Crippen molar-refractivity contribution in [2.75, 3.05) is 40.0 Å². The van der Waals surface area contributed by atoms with Gasteiger partial charge in [-0.1, -0.05) is 156 Å². The molecule has 55 heavy (non-hydrogen) atoms. The first kappa shape index (κ1) is 57.0. The Morgan fingerprint density at radius 1 is 0.527 bits per heavy atom. The van der Waals surface area contributed by atoms with Gasteiger partial charge in [0.25, 0.3) is 0 Å². The monoisotopic (exact) mass is 852 g/mol. The Hall–Kier alpha value is -0.0561. The molecule has 0 bridgehead atoms. The van der Waals surface area contributed by atoms with Crippen LogP contribution >= 0.6 is 0 Å². The van der Waals surface area contributed by atoms with E-state index in [1.165, 1.54) is 206 Å². The average molecular weight is 852 g/mol. The topological polar surface area (TPSA) is 55.8 Å². The van der Waals surface area contributed by atoms with Gasteiger partial charge in [0, 0.05) is 13.0 Å². The number of carbonyl (C=O) groups is 2. The molecule has 2 atom stereocenters. The molecule has 0 saturated heterocycles. The van der Waals surface area contributed by atoms with Crippen LogP contribution in [-0.4, -0.2) is 57.1 Å². The van der Waals surface area contributed by atoms with Crippen LogP contribution < -0.4 is 0 Å². The number of hydrogen-bond acceptors (Lipinski definition) is 5. The number of nitrogens with zero attached hydrogens (tertiary/aromatic N) is 1. The van der Waals surface area contributed by atoms with E-state index in [4.69, 9.17) is 9.47 Å². The first-order chi connectivity index (χ1) is 27.0. The molecule has 0 saturated carbocycles. The fourth-order valence-corrected chi connectivity index (χ4v) is 7.93. The zero-order chi connectivity index (χ0) is 40.7. The van der Waals surface area contributed by atoms with Crippen LogP contribution in [0.4, 0.5) is 0 Å². The van der Waals surface area contributed by atoms with E-state index in [9.17, 15) is 9.59 Å². The van der Waals surface area contributed by atoms with Crippen LogP contribution in [0.1, 0.15) is 246 Å². The van der Waals surface area contributed by atoms with Gasteiger partial charge in [-0.25, -0.2) is 0 Å². The van der Waals surface area contributed by atoms with Gasteiger partial charge in [-0.15, -0.1) is 0 Å². The van der Waals surface area contributed by atoms with Crippen LogP contribution in [0.5, 0.6) is 0 Å². The molecule has 0 aliphatic rings. The second-order valence-electron chi connectivity index (χ2n) is 16.5. The van der Waals surface area contributed by atoms with Crippen molar-refractivity contribution in [3.8, 4) is 2.59 Å². The number of rotatable bonds is 43. The summed E-state index contributed by atoms with van der Waals surface area (Å²) in [5.74, 6) is 0.554. The van der Waals surface area contributed by atoms with Gasteiger partial charge < -0.3 is 4.79 Å². The van der Waals surface area contributed by atoms with Crippen molar-refractivity contribution in [3.63, 3.8) is 0 Å². The molecule has 0 aliphatic heterocycles. The van der Waals surface area contributed by atoms with Crippen molar-refractivity contribution in [1.29, 1.82) is 0 Å². The van der Waals surface area contributed by atoms with Crippen molar-refractivity contribution in [1.82, 2.24) is 4.90 Å². The molecule has 5 nitrogen and oxygen atoms in total. The number of aldehydes is 1. The third-order valence-electron chi connectivity index (χ3n) is 11.2. The van der Waals surface area contributed by atoms with Crippen molar-refractivity contribution in [2.45, 2.75) is 246 Å². The van der Waals surface area contributed by atoms with Crippen LogP contribution in [0, 0.1) is 14.4 Å². The summed E-state index contributed by atoms with van der Waals surface area (Å²) in [5, 5.41) is 0. The summed E-state index contributed by atoms with van der Waals surface area (Å²) < 4.78 is 14.4. The van der Waals surface area contributed by atoms with Gasteiger partial charge in [0.1, 0.15) is 6.29 Å². The molecule has 2 unspecified atom stereocenters. The van der Waals surface area contributed by atoms with E-state index >= 15 is 0 Å². The second kappa shape index (κ2) is 50.1. The molecular weight excluding hydrogens is 755 g/mol. The number of carbonyl (C=O) groups excluding carboxylic acids is 2. The zero-order valence-corrected chi connectivity index (χ0v) is 40.8. The summed E-state index contributed by atoms with van der Waals surface area (Å²) in [6, 6.07) is 0. The molecule has 0 aliphatic carbocycles. The summed E-state index contributed by atoms with van der Waals surface area (Å²) in [5.41, 5.74) is 0. The minimum atomic E-state index is 0.0825. The van der Waals surface area contributed by atoms with Gasteiger partial charge in [0.15, 0.2) is 0 Å². The van der Waals surface area contributed by atoms with Gasteiger partial charge in [-0.05, 0) is 25.7 Å². The Bertz CT molecular complexity index is 802. The Morgan fingerprint density at radius 3 is 1.36 bits per heavy atom. The van der Waals surface area contributed by atoms with Crippen molar-refractivity contribution in [2.24, 2.45) is 11.8 Å². The molecule has 0 radical (unpaired) electrons. The fourth-order valence-electron chi connectivity index (χ4n) is 7.43. The van der Waals surface area contributed by atoms with E-state index in [0.717, 1.165) is 75.4 Å². The van der Waals surface area contributed by atoms with Crippen LogP contribution in [-0.2, 0) is 49.3 Å². The summed E-state index contributed by atoms with van der Waals surface area (Å²) in [4.78, 5) is 26.4. The minimum Gasteiger partial charge on any atom is 0.0355 e. The van der Waals surface area contributed by atoms with E-state index in [-0.39, 0.29) is 11.9 Å². The summed E-state index contributed by atoms with van der Waals surface area (Å²) in [6.45, 7) is 14.1. The molecule has 0 heterocycles. The fraction of sp³-hybridized carbons (Fsp3) is 0.939. The van der Waals surface area contributed by atoms with Crippen LogP contribution in [0.3, 0.4) is 0 Å². The standard InChI is InChI=1S/C33H64NO3.C16H32O.Y/c1-5-8-11-13-14-20-26-32(25-19-12-9-6-2)33(35)37-31-24-18-16-22-29-34(27-10-7-3)28-21-15-17-23-30-36-4;1-3-5-7-9-10-12-14-16(15-17)13-11-8-6-4-2;/h32H,5-31H2,1-2,4H3;15-16H,3-14H2,1-2H3;. The molecule has 0 aromatic heterocycles. The number of ether oxygens (including phenoxy) is 2. The Labute approximate surface area is 364 Å². The quantitative estimate of drug-likeness (QED) is 0.0347. The predicted octanol–water partition coefficient (Wildman–Crippen LogP) is 14.7. The third-order valence-corrected chi connectivity index (χ3v) is 11.9. The Morgan fingerprint density at radius 2 is 0.909 bits per heavy atom. The minimum absolute atomic E-state index is 0.0825. The Kier molecular flexibility index (Phi) is 51.9. The summed E-state index contributed by atoms with van der Waals surface area (Å²) >= 11 is 1.15. The second-order valence-corrected chi connectivity index (χ2v) is 17.5. The van der Waals surface area contributed by atoms with Crippen molar-refractivity contribution >= 4 is 12.3 Å². The number of methoxy groups -OCH3 is 1. The molecule has 0 aromatic carbocycles. The average Bonchev–Trinajstić information content (AvgIpc) is 3.19. The number of unbranched alkanes of at least 4 members (excludes halogenated alkanes) is 23. The molecule has 0 rings (SSSR count). The molecule has 0 fully saturated rings. The zero-order valence-electron chi connectivity index (χ0n) is 38.0. The SMILES string of the molecule is CCCCCCCCC(C=O)CCCCCC.CCCCCCCCC(CCCCCC)C(=O)OCCCCCCN(CCC[C]#[Y])CCCCCCOC. The van der Waals surface area contributed by atoms with Crippen LogP contribution in [0.15, 0.2) is 0 Å². The van der Waals surface area contributed by atoms with E-state index in [2.05, 4.69) is 35.2 Å². The van der Waals surface area contributed by atoms with Crippen molar-refractivity contribution < 1.29 is 49.3 Å². The third kappa shape index (κ3) is 44.9. The van der Waals surface area contributed by atoms with Crippen molar-refractivity contribution in [3.05, 3.63) is 0 Å². The van der Waals surface area contributed by atoms with Crippen LogP contribution in [0.25, 0.3) is 0 Å². The van der Waals surface area contributed by atoms with Crippen LogP contribution in [0.2, 0.25) is 0 Å². The first-order valence-electron chi connectivity index (χ1n) is 24.3. The Balaban J connectivity index is 0. The van der Waals surface area contributed by atoms with E-state index in [1.54, 1.807) is 7.11 Å². The van der Waals surface area contributed by atoms with Gasteiger partial charge in [0.2, 0.25) is 0 Å². The smallest absolute Gasteiger partial charge is 0.0355 e. The van der Waals surface area contributed by atoms with Gasteiger partial charge in [-0.2, -0.15) is 0 Å². The molecule has 324 valence electrons. The van der Waals surface area contributed by atoms with E-state index in [0.29, 0.717) is 12.5 Å². The van der Waals surface area contributed by atoms with Gasteiger partial charge >= 0.3 is 150 Å². The summed E-state index contributed by atoms with van der Waals surface area (Å²) in [7, 11) is 1.79. The molecule has 0 spiro atoms. The summed E-state index contributed by atoms with van der Waals surface area (Å²) in [6.07, 6.45) is 43.4. The van der Waals surface area contributed by atoms with E-state index < -0.39 is 0 Å². The molecular formula is C49H96NO4Y. The number of esters is 1. The predicted molar refractivity (Wildman–Crippen MR) is 236 cm³/mol. The maximum atomic E-state index is 12.8. The van der Waals surface area contributed by atoms with Gasteiger partial charge in [-0.3, -0.25) is 4.79 Å². The molecule has 0 N–H and O–H groups in total. The molecule has 6 heteroatoms. The number of hydrogen-bond donors (Lipinski definition) is 0. The molecule has 0 amide bonds.